The maximum atomic E-state index is 3.83. The molecule has 0 aromatic rings. The number of nitrogens with one attached hydrogen (secondary N) is 1. The SMILES string of the molecule is CCCCCCC(C)NC1CCC(SC)CC1. The molecule has 0 saturated heterocycles. The molecule has 0 aromatic heterocycles. The molecule has 0 aliphatic heterocycles. The third-order valence-electron chi connectivity index (χ3n) is 4.02. The van der Waals surface area contributed by atoms with Gasteiger partial charge in [0, 0.05) is 17.3 Å². The van der Waals surface area contributed by atoms with E-state index in [1.807, 2.05) is 0 Å². The zero-order valence-electron chi connectivity index (χ0n) is 12.0. The standard InChI is InChI=1S/C15H31NS/c1-4-5-6-7-8-13(2)16-14-9-11-15(17-3)12-10-14/h13-16H,4-12H2,1-3H3. The molecule has 0 bridgehead atoms. The van der Waals surface area contributed by atoms with Gasteiger partial charge in [0.2, 0.25) is 0 Å². The fourth-order valence-corrected chi connectivity index (χ4v) is 3.57. The molecule has 1 nitrogen and oxygen atoms in total. The van der Waals surface area contributed by atoms with Crippen LogP contribution < -0.4 is 5.32 Å². The first-order valence-corrected chi connectivity index (χ1v) is 8.83. The zero-order valence-corrected chi connectivity index (χ0v) is 12.8. The Hall–Kier alpha value is 0.310. The Kier molecular flexibility index (Phi) is 8.38. The van der Waals surface area contributed by atoms with Gasteiger partial charge in [-0.15, -0.1) is 0 Å². The van der Waals surface area contributed by atoms with E-state index in [4.69, 9.17) is 0 Å². The quantitative estimate of drug-likeness (QED) is 0.637. The Morgan fingerprint density at radius 2 is 1.82 bits per heavy atom. The molecule has 1 saturated carbocycles. The topological polar surface area (TPSA) is 12.0 Å². The number of hydrogen-bond donors (Lipinski definition) is 1. The van der Waals surface area contributed by atoms with Crippen LogP contribution in [0.15, 0.2) is 0 Å². The van der Waals surface area contributed by atoms with Crippen LogP contribution in [-0.2, 0) is 0 Å². The van der Waals surface area contributed by atoms with E-state index < -0.39 is 0 Å². The molecule has 1 N–H and O–H groups in total. The van der Waals surface area contributed by atoms with Crippen molar-refractivity contribution in [1.82, 2.24) is 5.32 Å². The van der Waals surface area contributed by atoms with Gasteiger partial charge in [0.15, 0.2) is 0 Å². The van der Waals surface area contributed by atoms with E-state index in [1.165, 1.54) is 57.8 Å². The molecule has 1 unspecified atom stereocenters. The van der Waals surface area contributed by atoms with Gasteiger partial charge in [0.25, 0.3) is 0 Å². The Balaban J connectivity index is 2.04. The van der Waals surface area contributed by atoms with E-state index in [-0.39, 0.29) is 0 Å². The lowest BCUT2D eigenvalue weighted by Crippen LogP contribution is -2.39. The Bertz CT molecular complexity index is 176. The lowest BCUT2D eigenvalue weighted by atomic mass is 9.94. The number of hydrogen-bond acceptors (Lipinski definition) is 2. The van der Waals surface area contributed by atoms with Gasteiger partial charge in [0.1, 0.15) is 0 Å². The van der Waals surface area contributed by atoms with Crippen molar-refractivity contribution in [1.29, 1.82) is 0 Å². The van der Waals surface area contributed by atoms with Crippen LogP contribution in [-0.4, -0.2) is 23.6 Å². The Labute approximate surface area is 113 Å². The van der Waals surface area contributed by atoms with Crippen LogP contribution in [0.3, 0.4) is 0 Å². The summed E-state index contributed by atoms with van der Waals surface area (Å²) in [6.07, 6.45) is 14.8. The van der Waals surface area contributed by atoms with Gasteiger partial charge in [0.05, 0.1) is 0 Å². The molecule has 1 fully saturated rings. The summed E-state index contributed by atoms with van der Waals surface area (Å²) >= 11 is 2.06. The smallest absolute Gasteiger partial charge is 0.00703 e. The van der Waals surface area contributed by atoms with Crippen LogP contribution in [0.4, 0.5) is 0 Å². The first kappa shape index (κ1) is 15.4. The van der Waals surface area contributed by atoms with Crippen molar-refractivity contribution in [2.45, 2.75) is 89.0 Å². The van der Waals surface area contributed by atoms with Crippen LogP contribution in [0, 0.1) is 0 Å². The number of unbranched alkanes of at least 4 members (excludes halogenated alkanes) is 3. The van der Waals surface area contributed by atoms with Gasteiger partial charge >= 0.3 is 0 Å². The van der Waals surface area contributed by atoms with Crippen LogP contribution in [0.2, 0.25) is 0 Å². The molecule has 2 heteroatoms. The van der Waals surface area contributed by atoms with Crippen molar-refractivity contribution in [2.75, 3.05) is 6.26 Å². The van der Waals surface area contributed by atoms with E-state index in [0.717, 1.165) is 17.3 Å². The second-order valence-electron chi connectivity index (χ2n) is 5.63. The van der Waals surface area contributed by atoms with E-state index in [9.17, 15) is 0 Å². The van der Waals surface area contributed by atoms with Gasteiger partial charge in [-0.25, -0.2) is 0 Å². The van der Waals surface area contributed by atoms with Gasteiger partial charge < -0.3 is 5.32 Å². The van der Waals surface area contributed by atoms with Crippen molar-refractivity contribution in [3.8, 4) is 0 Å². The molecule has 1 rings (SSSR count). The van der Waals surface area contributed by atoms with E-state index >= 15 is 0 Å². The average Bonchev–Trinajstić information content (AvgIpc) is 2.36. The summed E-state index contributed by atoms with van der Waals surface area (Å²) in [4.78, 5) is 0. The molecular formula is C15H31NS. The van der Waals surface area contributed by atoms with Crippen molar-refractivity contribution in [2.24, 2.45) is 0 Å². The van der Waals surface area contributed by atoms with Crippen LogP contribution in [0.1, 0.15) is 71.6 Å². The molecule has 1 atom stereocenters. The summed E-state index contributed by atoms with van der Waals surface area (Å²) in [5.41, 5.74) is 0. The summed E-state index contributed by atoms with van der Waals surface area (Å²) in [6, 6.07) is 1.53. The van der Waals surface area contributed by atoms with Gasteiger partial charge in [-0.1, -0.05) is 32.6 Å². The lowest BCUT2D eigenvalue weighted by Gasteiger charge is -2.30. The summed E-state index contributed by atoms with van der Waals surface area (Å²) < 4.78 is 0. The van der Waals surface area contributed by atoms with E-state index in [1.54, 1.807) is 0 Å². The van der Waals surface area contributed by atoms with Crippen LogP contribution in [0.5, 0.6) is 0 Å². The third-order valence-corrected chi connectivity index (χ3v) is 5.16. The summed E-state index contributed by atoms with van der Waals surface area (Å²) in [5.74, 6) is 0. The zero-order chi connectivity index (χ0) is 12.5. The first-order valence-electron chi connectivity index (χ1n) is 7.55. The first-order chi connectivity index (χ1) is 8.26. The maximum absolute atomic E-state index is 3.83. The molecule has 0 radical (unpaired) electrons. The third kappa shape index (κ3) is 6.71. The normalized spacial score (nSPS) is 27.0. The molecular weight excluding hydrogens is 226 g/mol. The maximum Gasteiger partial charge on any atom is 0.00703 e. The summed E-state index contributed by atoms with van der Waals surface area (Å²) in [5, 5.41) is 4.77. The van der Waals surface area contributed by atoms with E-state index in [2.05, 4.69) is 37.2 Å². The molecule has 0 aromatic carbocycles. The monoisotopic (exact) mass is 257 g/mol. The lowest BCUT2D eigenvalue weighted by molar-refractivity contribution is 0.337. The molecule has 1 aliphatic carbocycles. The second-order valence-corrected chi connectivity index (χ2v) is 6.76. The molecule has 102 valence electrons. The Morgan fingerprint density at radius 1 is 1.12 bits per heavy atom. The highest BCUT2D eigenvalue weighted by molar-refractivity contribution is 7.99. The van der Waals surface area contributed by atoms with E-state index in [0.29, 0.717) is 0 Å². The largest absolute Gasteiger partial charge is 0.312 e. The fourth-order valence-electron chi connectivity index (χ4n) is 2.83. The molecule has 0 spiro atoms. The van der Waals surface area contributed by atoms with Crippen molar-refractivity contribution < 1.29 is 0 Å². The highest BCUT2D eigenvalue weighted by Gasteiger charge is 2.21. The second kappa shape index (κ2) is 9.27. The number of rotatable bonds is 8. The Morgan fingerprint density at radius 3 is 2.41 bits per heavy atom. The molecule has 0 amide bonds. The predicted octanol–water partition coefficient (Wildman–Crippen LogP) is 4.61. The summed E-state index contributed by atoms with van der Waals surface area (Å²) in [6.45, 7) is 4.65. The van der Waals surface area contributed by atoms with Gasteiger partial charge in [-0.05, 0) is 45.3 Å². The van der Waals surface area contributed by atoms with Crippen molar-refractivity contribution in [3.05, 3.63) is 0 Å². The highest BCUT2D eigenvalue weighted by atomic mass is 32.2. The van der Waals surface area contributed by atoms with Crippen molar-refractivity contribution >= 4 is 11.8 Å². The van der Waals surface area contributed by atoms with Crippen molar-refractivity contribution in [3.63, 3.8) is 0 Å². The van der Waals surface area contributed by atoms with Crippen LogP contribution >= 0.6 is 11.8 Å². The number of thioether (sulfide) groups is 1. The minimum absolute atomic E-state index is 0.725. The highest BCUT2D eigenvalue weighted by Crippen LogP contribution is 2.27. The average molecular weight is 257 g/mol. The molecule has 1 aliphatic rings. The van der Waals surface area contributed by atoms with Crippen LogP contribution in [0.25, 0.3) is 0 Å². The minimum Gasteiger partial charge on any atom is -0.312 e. The fraction of sp³-hybridized carbons (Fsp3) is 1.00. The predicted molar refractivity (Wildman–Crippen MR) is 80.9 cm³/mol. The van der Waals surface area contributed by atoms with Gasteiger partial charge in [-0.2, -0.15) is 11.8 Å². The molecule has 17 heavy (non-hydrogen) atoms. The van der Waals surface area contributed by atoms with Gasteiger partial charge in [-0.3, -0.25) is 0 Å². The summed E-state index contributed by atoms with van der Waals surface area (Å²) in [7, 11) is 0. The molecule has 0 heterocycles. The minimum atomic E-state index is 0.725.